The van der Waals surface area contributed by atoms with E-state index in [-0.39, 0.29) is 5.78 Å². The zero-order valence-electron chi connectivity index (χ0n) is 29.0. The first-order valence-corrected chi connectivity index (χ1v) is 22.3. The van der Waals surface area contributed by atoms with Crippen LogP contribution in [0, 0.1) is 0 Å². The highest BCUT2D eigenvalue weighted by Crippen LogP contribution is 2.29. The van der Waals surface area contributed by atoms with Gasteiger partial charge in [0.1, 0.15) is 11.5 Å². The molecule has 49 heavy (non-hydrogen) atoms. The molecule has 0 aliphatic rings. The number of ether oxygens (including phenoxy) is 2. The number of methoxy groups -OCH3 is 1. The van der Waals surface area contributed by atoms with Crippen LogP contribution >= 0.6 is 0 Å². The fourth-order valence-corrected chi connectivity index (χ4v) is 16.4. The molecule has 0 N–H and O–H groups in total. The number of ketones is 1. The Balaban J connectivity index is 1.34. The van der Waals surface area contributed by atoms with Crippen molar-refractivity contribution in [1.82, 2.24) is 0 Å². The Morgan fingerprint density at radius 3 is 1.47 bits per heavy atom. The molecule has 5 aromatic carbocycles. The fourth-order valence-electron chi connectivity index (χ4n) is 6.54. The Hall–Kier alpha value is -4.57. The van der Waals surface area contributed by atoms with E-state index in [1.807, 2.05) is 36.4 Å². The predicted molar refractivity (Wildman–Crippen MR) is 204 cm³/mol. The monoisotopic (exact) mass is 686 g/mol. The summed E-state index contributed by atoms with van der Waals surface area (Å²) in [4.78, 5) is 24.7. The first-order chi connectivity index (χ1) is 23.7. The third-order valence-corrected chi connectivity index (χ3v) is 18.6. The summed E-state index contributed by atoms with van der Waals surface area (Å²) in [5.74, 6) is 1.02. The maximum absolute atomic E-state index is 13.0. The molecule has 2 atom stereocenters. The van der Waals surface area contributed by atoms with Crippen molar-refractivity contribution in [2.24, 2.45) is 0 Å². The molecule has 0 heterocycles. The molecule has 0 spiro atoms. The van der Waals surface area contributed by atoms with Gasteiger partial charge in [-0.15, -0.1) is 0 Å². The molecule has 0 aromatic heterocycles. The quantitative estimate of drug-likeness (QED) is 0.0450. The number of esters is 1. The summed E-state index contributed by atoms with van der Waals surface area (Å²) in [7, 11) is -3.13. The normalized spacial score (nSPS) is 13.6. The largest absolute Gasteiger partial charge is 0.496 e. The molecule has 5 nitrogen and oxygen atoms in total. The van der Waals surface area contributed by atoms with E-state index in [2.05, 4.69) is 85.9 Å². The van der Waals surface area contributed by atoms with Gasteiger partial charge in [-0.25, -0.2) is 4.79 Å². The number of para-hydroxylation sites is 2. The van der Waals surface area contributed by atoms with Gasteiger partial charge < -0.3 is 13.6 Å². The predicted octanol–water partition coefficient (Wildman–Crippen LogP) is 8.66. The lowest BCUT2D eigenvalue weighted by Gasteiger charge is -2.39. The molecule has 5 rings (SSSR count). The molecule has 2 unspecified atom stereocenters. The number of carbonyl (C=O) groups excluding carboxylic acids is 2. The molecular formula is C42H46O5Si2. The fraction of sp³-hybridized carbons (Fsp3) is 0.238. The van der Waals surface area contributed by atoms with Gasteiger partial charge in [-0.3, -0.25) is 4.79 Å². The van der Waals surface area contributed by atoms with Crippen LogP contribution in [0.25, 0.3) is 0 Å². The zero-order chi connectivity index (χ0) is 34.7. The van der Waals surface area contributed by atoms with Crippen molar-refractivity contribution < 1.29 is 23.2 Å². The van der Waals surface area contributed by atoms with Crippen LogP contribution < -0.4 is 19.8 Å². The molecule has 0 saturated heterocycles. The summed E-state index contributed by atoms with van der Waals surface area (Å²) in [6.07, 6.45) is 3.58. The maximum Gasteiger partial charge on any atom is 0.343 e. The minimum atomic E-state index is -2.46. The van der Waals surface area contributed by atoms with Gasteiger partial charge in [0, 0.05) is 5.56 Å². The van der Waals surface area contributed by atoms with E-state index in [1.54, 1.807) is 31.4 Å². The Morgan fingerprint density at radius 2 is 0.980 bits per heavy atom. The summed E-state index contributed by atoms with van der Waals surface area (Å²) in [5.41, 5.74) is 3.19. The van der Waals surface area contributed by atoms with E-state index in [0.717, 1.165) is 49.1 Å². The van der Waals surface area contributed by atoms with Crippen LogP contribution in [0.15, 0.2) is 133 Å². The molecule has 0 bridgehead atoms. The number of carbonyl (C=O) groups is 2. The molecule has 0 saturated carbocycles. The zero-order valence-corrected chi connectivity index (χ0v) is 31.0. The van der Waals surface area contributed by atoms with E-state index < -0.39 is 22.6 Å². The summed E-state index contributed by atoms with van der Waals surface area (Å²) in [6.45, 7) is 6.26. The Labute approximate surface area is 293 Å². The van der Waals surface area contributed by atoms with Crippen LogP contribution in [-0.2, 0) is 17.0 Å². The van der Waals surface area contributed by atoms with Gasteiger partial charge in [-0.2, -0.15) is 0 Å². The van der Waals surface area contributed by atoms with Gasteiger partial charge in [0.25, 0.3) is 0 Å². The summed E-state index contributed by atoms with van der Waals surface area (Å²) in [6, 6.07) is 46.1. The summed E-state index contributed by atoms with van der Waals surface area (Å²) >= 11 is 0. The Kier molecular flexibility index (Phi) is 12.2. The number of Topliss-reactive ketones (excluding diaryl/α,β-unsaturated/α-hetero) is 1. The highest BCUT2D eigenvalue weighted by atomic mass is 28.4. The molecule has 7 heteroatoms. The lowest BCUT2D eigenvalue weighted by molar-refractivity contribution is 0.0732. The van der Waals surface area contributed by atoms with Crippen LogP contribution in [0.1, 0.15) is 51.6 Å². The van der Waals surface area contributed by atoms with Crippen molar-refractivity contribution >= 4 is 38.8 Å². The second-order valence-corrected chi connectivity index (χ2v) is 20.8. The van der Waals surface area contributed by atoms with Gasteiger partial charge in [0.05, 0.1) is 12.7 Å². The average molecular weight is 687 g/mol. The molecule has 0 aliphatic heterocycles. The van der Waals surface area contributed by atoms with Crippen molar-refractivity contribution in [2.45, 2.75) is 57.8 Å². The number of hydrogen-bond donors (Lipinski definition) is 0. The number of aryl methyl sites for hydroxylation is 2. The second kappa shape index (κ2) is 16.7. The number of benzene rings is 5. The van der Waals surface area contributed by atoms with Gasteiger partial charge in [-0.1, -0.05) is 109 Å². The van der Waals surface area contributed by atoms with Crippen LogP contribution in [0.4, 0.5) is 0 Å². The minimum Gasteiger partial charge on any atom is -0.496 e. The van der Waals surface area contributed by atoms with Crippen LogP contribution in [0.3, 0.4) is 0 Å². The lowest BCUT2D eigenvalue weighted by atomic mass is 10.1. The van der Waals surface area contributed by atoms with Crippen molar-refractivity contribution in [1.29, 1.82) is 0 Å². The first kappa shape index (κ1) is 35.7. The lowest BCUT2D eigenvalue weighted by Crippen LogP contribution is -2.60. The van der Waals surface area contributed by atoms with Crippen molar-refractivity contribution in [3.05, 3.63) is 156 Å². The molecular weight excluding hydrogens is 641 g/mol. The highest BCUT2D eigenvalue weighted by molar-refractivity contribution is 6.97. The summed E-state index contributed by atoms with van der Waals surface area (Å²) < 4.78 is 19.2. The average Bonchev–Trinajstić information content (AvgIpc) is 3.13. The maximum atomic E-state index is 13.0. The molecule has 252 valence electrons. The topological polar surface area (TPSA) is 61.8 Å². The molecule has 0 aliphatic carbocycles. The molecule has 0 fully saturated rings. The molecule has 5 aromatic rings. The van der Waals surface area contributed by atoms with Crippen molar-refractivity contribution in [3.63, 3.8) is 0 Å². The summed E-state index contributed by atoms with van der Waals surface area (Å²) in [5, 5.41) is 2.61. The van der Waals surface area contributed by atoms with Gasteiger partial charge >= 0.3 is 5.97 Å². The van der Waals surface area contributed by atoms with Crippen LogP contribution in [-0.4, -0.2) is 35.5 Å². The van der Waals surface area contributed by atoms with Gasteiger partial charge in [0.15, 0.2) is 5.78 Å². The number of hydrogen-bond acceptors (Lipinski definition) is 5. The van der Waals surface area contributed by atoms with E-state index in [9.17, 15) is 9.59 Å². The van der Waals surface area contributed by atoms with Crippen LogP contribution in [0.5, 0.6) is 11.5 Å². The first-order valence-electron chi connectivity index (χ1n) is 17.0. The van der Waals surface area contributed by atoms with Gasteiger partial charge in [0.2, 0.25) is 16.6 Å². The third-order valence-electron chi connectivity index (χ3n) is 9.31. The minimum absolute atomic E-state index is 0.0418. The number of rotatable bonds is 16. The van der Waals surface area contributed by atoms with E-state index in [0.29, 0.717) is 16.9 Å². The third kappa shape index (κ3) is 9.32. The smallest absolute Gasteiger partial charge is 0.343 e. The van der Waals surface area contributed by atoms with E-state index >= 15 is 0 Å². The van der Waals surface area contributed by atoms with Crippen molar-refractivity contribution in [2.75, 3.05) is 7.11 Å². The standard InChI is InChI=1S/C42H46O5Si2/c1-33(43)34-27-29-37(30-28-34)42(44)46-41-26-14-12-18-36(41)20-16-32-49(4,39-23-9-6-10-24-39)47-48(3,38-21-7-5-8-22-38)31-15-19-35-17-11-13-25-40(35)45-2/h5-14,17-18,21-30H,15-16,19-20,31-32H2,1-4H3. The van der Waals surface area contributed by atoms with E-state index in [4.69, 9.17) is 13.6 Å². The molecule has 0 amide bonds. The van der Waals surface area contributed by atoms with Crippen LogP contribution in [0.2, 0.25) is 25.2 Å². The SMILES string of the molecule is COc1ccccc1CCC[Si](C)(O[Si](C)(CCCc1ccccc1OC(=O)c1ccc(C(C)=O)cc1)c1ccccc1)c1ccccc1. The van der Waals surface area contributed by atoms with Gasteiger partial charge in [-0.05, 0) is 104 Å². The van der Waals surface area contributed by atoms with E-state index in [1.165, 1.54) is 22.9 Å². The Morgan fingerprint density at radius 1 is 0.551 bits per heavy atom. The highest BCUT2D eigenvalue weighted by Gasteiger charge is 2.41. The second-order valence-electron chi connectivity index (χ2n) is 12.9. The Bertz CT molecular complexity index is 1830. The van der Waals surface area contributed by atoms with Crippen molar-refractivity contribution in [3.8, 4) is 11.5 Å². The molecule has 0 radical (unpaired) electrons.